The highest BCUT2D eigenvalue weighted by molar-refractivity contribution is 5.10. The maximum atomic E-state index is 10.7. The Labute approximate surface area is 185 Å². The second-order valence-corrected chi connectivity index (χ2v) is 13.5. The molecule has 5 aliphatic rings. The van der Waals surface area contributed by atoms with E-state index in [0.717, 1.165) is 54.8 Å². The van der Waals surface area contributed by atoms with Crippen molar-refractivity contribution < 1.29 is 10.2 Å². The van der Waals surface area contributed by atoms with Crippen LogP contribution in [0.3, 0.4) is 0 Å². The van der Waals surface area contributed by atoms with E-state index in [0.29, 0.717) is 16.7 Å². The molecule has 30 heavy (non-hydrogen) atoms. The minimum atomic E-state index is -0.418. The van der Waals surface area contributed by atoms with Crippen LogP contribution in [0.15, 0.2) is 0 Å². The molecule has 2 N–H and O–H groups in total. The zero-order chi connectivity index (χ0) is 21.3. The first-order valence-corrected chi connectivity index (χ1v) is 13.5. The smallest absolute Gasteiger partial charge is 0.0622 e. The molecule has 0 bridgehead atoms. The molecule has 0 saturated heterocycles. The van der Waals surface area contributed by atoms with E-state index in [1.54, 1.807) is 0 Å². The summed E-state index contributed by atoms with van der Waals surface area (Å²) in [5, 5.41) is 21.1. The molecule has 0 aromatic heterocycles. The second kappa shape index (κ2) is 7.47. The summed E-state index contributed by atoms with van der Waals surface area (Å²) in [5.74, 6) is 5.77. The van der Waals surface area contributed by atoms with Gasteiger partial charge in [-0.25, -0.2) is 0 Å². The number of hydrogen-bond donors (Lipinski definition) is 2. The Kier molecular flexibility index (Phi) is 5.42. The van der Waals surface area contributed by atoms with E-state index in [9.17, 15) is 10.2 Å². The van der Waals surface area contributed by atoms with Crippen molar-refractivity contribution in [2.24, 2.45) is 52.3 Å². The highest BCUT2D eigenvalue weighted by Gasteiger charge is 2.61. The van der Waals surface area contributed by atoms with Gasteiger partial charge in [-0.3, -0.25) is 0 Å². The van der Waals surface area contributed by atoms with Gasteiger partial charge in [0.1, 0.15) is 0 Å². The first-order valence-electron chi connectivity index (χ1n) is 13.5. The molecule has 172 valence electrons. The highest BCUT2D eigenvalue weighted by Crippen LogP contribution is 2.68. The van der Waals surface area contributed by atoms with Crippen LogP contribution in [0.5, 0.6) is 0 Å². The lowest BCUT2D eigenvalue weighted by Crippen LogP contribution is -2.55. The zero-order valence-corrected chi connectivity index (χ0v) is 20.2. The Bertz CT molecular complexity index is 639. The van der Waals surface area contributed by atoms with Crippen molar-refractivity contribution in [3.05, 3.63) is 0 Å². The molecule has 0 amide bonds. The van der Waals surface area contributed by atoms with E-state index in [1.165, 1.54) is 64.2 Å². The van der Waals surface area contributed by atoms with Crippen LogP contribution in [0, 0.1) is 52.3 Å². The van der Waals surface area contributed by atoms with Crippen molar-refractivity contribution in [3.63, 3.8) is 0 Å². The summed E-state index contributed by atoms with van der Waals surface area (Å²) < 4.78 is 0. The summed E-state index contributed by atoms with van der Waals surface area (Å²) in [6.07, 6.45) is 16.6. The number of aliphatic hydroxyl groups excluding tert-OH is 1. The van der Waals surface area contributed by atoms with Gasteiger partial charge in [-0.15, -0.1) is 0 Å². The Morgan fingerprint density at radius 2 is 1.53 bits per heavy atom. The fourth-order valence-corrected chi connectivity index (χ4v) is 9.76. The topological polar surface area (TPSA) is 40.5 Å². The molecule has 0 spiro atoms. The summed E-state index contributed by atoms with van der Waals surface area (Å²) in [4.78, 5) is 0. The fourth-order valence-electron chi connectivity index (χ4n) is 9.76. The molecule has 5 saturated carbocycles. The first kappa shape index (κ1) is 21.7. The van der Waals surface area contributed by atoms with Crippen molar-refractivity contribution in [2.45, 2.75) is 123 Å². The predicted molar refractivity (Wildman–Crippen MR) is 123 cm³/mol. The van der Waals surface area contributed by atoms with Crippen LogP contribution in [0.1, 0.15) is 111 Å². The molecule has 0 aliphatic heterocycles. The van der Waals surface area contributed by atoms with E-state index < -0.39 is 5.60 Å². The fraction of sp³-hybridized carbons (Fsp3) is 1.00. The molecular weight excluding hydrogens is 368 g/mol. The number of fused-ring (bicyclic) bond motifs is 5. The van der Waals surface area contributed by atoms with Gasteiger partial charge in [0, 0.05) is 0 Å². The third-order valence-electron chi connectivity index (χ3n) is 11.8. The van der Waals surface area contributed by atoms with Crippen molar-refractivity contribution in [3.8, 4) is 0 Å². The lowest BCUT2D eigenvalue weighted by atomic mass is 9.43. The maximum absolute atomic E-state index is 10.7. The van der Waals surface area contributed by atoms with E-state index in [2.05, 4.69) is 27.7 Å². The van der Waals surface area contributed by atoms with Gasteiger partial charge in [0.2, 0.25) is 0 Å². The Hall–Kier alpha value is -0.0800. The van der Waals surface area contributed by atoms with Gasteiger partial charge in [0.05, 0.1) is 11.7 Å². The van der Waals surface area contributed by atoms with Gasteiger partial charge in [-0.05, 0) is 143 Å². The largest absolute Gasteiger partial charge is 0.393 e. The summed E-state index contributed by atoms with van der Waals surface area (Å²) in [6, 6.07) is 0. The molecule has 5 aliphatic carbocycles. The van der Waals surface area contributed by atoms with Crippen LogP contribution in [0.4, 0.5) is 0 Å². The first-order chi connectivity index (χ1) is 14.1. The third-order valence-corrected chi connectivity index (χ3v) is 11.8. The van der Waals surface area contributed by atoms with Crippen LogP contribution in [-0.4, -0.2) is 21.9 Å². The second-order valence-electron chi connectivity index (χ2n) is 13.5. The van der Waals surface area contributed by atoms with Crippen LogP contribution >= 0.6 is 0 Å². The van der Waals surface area contributed by atoms with Crippen molar-refractivity contribution >= 4 is 0 Å². The van der Waals surface area contributed by atoms with Crippen LogP contribution < -0.4 is 0 Å². The standard InChI is InChI=1S/C28H48O2/c1-18(5-12-25(29)19-6-7-19)22-10-11-23-21-9-8-20-17-26(2,30)15-16-27(20,3)24(21)13-14-28(22,23)4/h18-25,29-30H,5-17H2,1-4H3/t18-,20+,21+,22-,23+,24+,25-,26+,27?,28-/m1/s1. The summed E-state index contributed by atoms with van der Waals surface area (Å²) >= 11 is 0. The molecule has 5 rings (SSSR count). The Morgan fingerprint density at radius 3 is 2.27 bits per heavy atom. The molecular formula is C28H48O2. The van der Waals surface area contributed by atoms with Gasteiger partial charge in [-0.2, -0.15) is 0 Å². The molecule has 1 unspecified atom stereocenters. The van der Waals surface area contributed by atoms with Gasteiger partial charge >= 0.3 is 0 Å². The van der Waals surface area contributed by atoms with E-state index in [1.807, 2.05) is 0 Å². The van der Waals surface area contributed by atoms with Gasteiger partial charge < -0.3 is 10.2 Å². The average Bonchev–Trinajstić information content (AvgIpc) is 3.48. The molecule has 2 nitrogen and oxygen atoms in total. The maximum Gasteiger partial charge on any atom is 0.0622 e. The molecule has 2 heteroatoms. The summed E-state index contributed by atoms with van der Waals surface area (Å²) in [7, 11) is 0. The third kappa shape index (κ3) is 3.51. The van der Waals surface area contributed by atoms with E-state index in [-0.39, 0.29) is 6.10 Å². The minimum absolute atomic E-state index is 0.0214. The summed E-state index contributed by atoms with van der Waals surface area (Å²) in [6.45, 7) is 9.87. The molecule has 0 aromatic carbocycles. The zero-order valence-electron chi connectivity index (χ0n) is 20.2. The number of rotatable bonds is 5. The van der Waals surface area contributed by atoms with Crippen LogP contribution in [0.2, 0.25) is 0 Å². The van der Waals surface area contributed by atoms with Crippen LogP contribution in [0.25, 0.3) is 0 Å². The van der Waals surface area contributed by atoms with E-state index >= 15 is 0 Å². The monoisotopic (exact) mass is 416 g/mol. The normalized spacial score (nSPS) is 52.8. The Morgan fingerprint density at radius 1 is 0.800 bits per heavy atom. The predicted octanol–water partition coefficient (Wildman–Crippen LogP) is 6.58. The number of aliphatic hydroxyl groups is 2. The highest BCUT2D eigenvalue weighted by atomic mass is 16.3. The molecule has 5 fully saturated rings. The van der Waals surface area contributed by atoms with Crippen molar-refractivity contribution in [2.75, 3.05) is 0 Å². The van der Waals surface area contributed by atoms with Crippen molar-refractivity contribution in [1.82, 2.24) is 0 Å². The quantitative estimate of drug-likeness (QED) is 0.531. The molecule has 10 atom stereocenters. The minimum Gasteiger partial charge on any atom is -0.393 e. The lowest BCUT2D eigenvalue weighted by Gasteiger charge is -2.62. The Balaban J connectivity index is 1.28. The van der Waals surface area contributed by atoms with Gasteiger partial charge in [0.15, 0.2) is 0 Å². The molecule has 0 heterocycles. The van der Waals surface area contributed by atoms with Gasteiger partial charge in [0.25, 0.3) is 0 Å². The van der Waals surface area contributed by atoms with Crippen LogP contribution in [-0.2, 0) is 0 Å². The SMILES string of the molecule is C[C@H](CC[C@@H](O)C1CC1)[C@H]1CC[C@H]2[C@@H]3CC[C@H]4C[C@@](C)(O)CCC4(C)[C@H]3CC[C@]12C. The van der Waals surface area contributed by atoms with E-state index in [4.69, 9.17) is 0 Å². The molecule has 0 radical (unpaired) electrons. The molecule has 0 aromatic rings. The summed E-state index contributed by atoms with van der Waals surface area (Å²) in [5.41, 5.74) is 0.595. The van der Waals surface area contributed by atoms with Crippen molar-refractivity contribution in [1.29, 1.82) is 0 Å². The average molecular weight is 417 g/mol. The van der Waals surface area contributed by atoms with Gasteiger partial charge in [-0.1, -0.05) is 20.8 Å². The lowest BCUT2D eigenvalue weighted by molar-refractivity contribution is -0.148. The number of hydrogen-bond acceptors (Lipinski definition) is 2.